The summed E-state index contributed by atoms with van der Waals surface area (Å²) in [6.45, 7) is 3.50. The van der Waals surface area contributed by atoms with Crippen molar-refractivity contribution >= 4 is 11.9 Å². The molecule has 2 aliphatic rings. The lowest BCUT2D eigenvalue weighted by Gasteiger charge is -2.46. The van der Waals surface area contributed by atoms with Gasteiger partial charge < -0.3 is 19.8 Å². The van der Waals surface area contributed by atoms with Crippen LogP contribution in [0, 0.1) is 12.3 Å². The third-order valence-corrected chi connectivity index (χ3v) is 4.12. The highest BCUT2D eigenvalue weighted by Gasteiger charge is 2.50. The third-order valence-electron chi connectivity index (χ3n) is 4.12. The summed E-state index contributed by atoms with van der Waals surface area (Å²) in [6.07, 6.45) is 1.54. The zero-order valence-electron chi connectivity index (χ0n) is 10.9. The van der Waals surface area contributed by atoms with E-state index in [1.54, 1.807) is 6.92 Å². The Morgan fingerprint density at radius 3 is 3.11 bits per heavy atom. The molecule has 2 fully saturated rings. The fourth-order valence-corrected chi connectivity index (χ4v) is 3.03. The number of hydrogen-bond donors (Lipinski definition) is 2. The van der Waals surface area contributed by atoms with Gasteiger partial charge in [0.1, 0.15) is 0 Å². The first kappa shape index (κ1) is 12.4. The number of amides is 1. The molecule has 0 aliphatic carbocycles. The van der Waals surface area contributed by atoms with E-state index in [9.17, 15) is 9.90 Å². The van der Waals surface area contributed by atoms with Crippen molar-refractivity contribution in [2.24, 2.45) is 5.41 Å². The second-order valence-electron chi connectivity index (χ2n) is 5.36. The van der Waals surface area contributed by atoms with Crippen LogP contribution in [0.2, 0.25) is 0 Å². The first-order chi connectivity index (χ1) is 9.12. The van der Waals surface area contributed by atoms with Crippen LogP contribution >= 0.6 is 0 Å². The van der Waals surface area contributed by atoms with Crippen molar-refractivity contribution in [2.75, 3.05) is 24.5 Å². The molecule has 3 rings (SSSR count). The number of anilines is 1. The molecule has 2 atom stereocenters. The van der Waals surface area contributed by atoms with Crippen LogP contribution in [-0.2, 0) is 4.79 Å². The number of piperidine rings is 2. The maximum Gasteiger partial charge on any atom is 0.266 e. The van der Waals surface area contributed by atoms with Crippen LogP contribution in [0.3, 0.4) is 0 Å². The van der Waals surface area contributed by atoms with Crippen molar-refractivity contribution in [3.63, 3.8) is 0 Å². The average Bonchev–Trinajstić information content (AvgIpc) is 2.83. The molecular formula is C12H18N4O3. The number of hydrogen-bond acceptors (Lipinski definition) is 6. The summed E-state index contributed by atoms with van der Waals surface area (Å²) in [5.41, 5.74) is -0.731. The van der Waals surface area contributed by atoms with Gasteiger partial charge in [0.25, 0.3) is 5.95 Å². The van der Waals surface area contributed by atoms with E-state index in [1.165, 1.54) is 0 Å². The zero-order chi connectivity index (χ0) is 13.5. The topological polar surface area (TPSA) is 91.5 Å². The highest BCUT2D eigenvalue weighted by molar-refractivity contribution is 5.85. The van der Waals surface area contributed by atoms with Gasteiger partial charge in [-0.05, 0) is 24.4 Å². The van der Waals surface area contributed by atoms with Gasteiger partial charge in [-0.15, -0.1) is 0 Å². The van der Waals surface area contributed by atoms with Crippen molar-refractivity contribution in [3.8, 4) is 0 Å². The van der Waals surface area contributed by atoms with E-state index in [0.717, 1.165) is 6.42 Å². The van der Waals surface area contributed by atoms with Crippen molar-refractivity contribution in [3.05, 3.63) is 5.89 Å². The normalized spacial score (nSPS) is 31.6. The Balaban J connectivity index is 1.86. The number of aryl methyl sites for hydroxylation is 1. The van der Waals surface area contributed by atoms with Crippen molar-refractivity contribution in [2.45, 2.75) is 32.3 Å². The number of carbonyl (C=O) groups is 1. The lowest BCUT2D eigenvalue weighted by molar-refractivity contribution is -0.142. The molecule has 0 unspecified atom stereocenters. The van der Waals surface area contributed by atoms with Crippen molar-refractivity contribution < 1.29 is 14.4 Å². The van der Waals surface area contributed by atoms with Crippen LogP contribution in [0.25, 0.3) is 0 Å². The summed E-state index contributed by atoms with van der Waals surface area (Å²) in [4.78, 5) is 18.3. The van der Waals surface area contributed by atoms with E-state index < -0.39 is 11.5 Å². The molecule has 2 aliphatic heterocycles. The Morgan fingerprint density at radius 1 is 1.58 bits per heavy atom. The molecule has 104 valence electrons. The predicted octanol–water partition coefficient (Wildman–Crippen LogP) is -0.155. The largest absolute Gasteiger partial charge is 0.392 e. The number of nitrogens with zero attached hydrogens (tertiary/aromatic N) is 3. The Bertz CT molecular complexity index is 489. The first-order valence-corrected chi connectivity index (χ1v) is 6.63. The number of rotatable bonds is 1. The molecule has 2 saturated heterocycles. The van der Waals surface area contributed by atoms with Gasteiger partial charge in [0.2, 0.25) is 11.8 Å². The number of aliphatic hydroxyl groups is 1. The number of aliphatic hydroxyl groups excluding tert-OH is 1. The van der Waals surface area contributed by atoms with Gasteiger partial charge in [-0.25, -0.2) is 0 Å². The molecule has 7 nitrogen and oxygen atoms in total. The minimum absolute atomic E-state index is 0.0591. The Kier molecular flexibility index (Phi) is 2.93. The fourth-order valence-electron chi connectivity index (χ4n) is 3.03. The SMILES string of the molecule is Cc1nc(N2CC[C@H](O)[C@@]3(CCCNC3=O)C2)no1. The highest BCUT2D eigenvalue weighted by atomic mass is 16.5. The maximum atomic E-state index is 12.2. The van der Waals surface area contributed by atoms with Crippen molar-refractivity contribution in [1.29, 1.82) is 0 Å². The van der Waals surface area contributed by atoms with Crippen LogP contribution in [0.4, 0.5) is 5.95 Å². The van der Waals surface area contributed by atoms with E-state index in [4.69, 9.17) is 4.52 Å². The molecule has 0 radical (unpaired) electrons. The molecule has 1 aromatic heterocycles. The Labute approximate surface area is 111 Å². The minimum Gasteiger partial charge on any atom is -0.392 e. The maximum absolute atomic E-state index is 12.2. The van der Waals surface area contributed by atoms with Gasteiger partial charge in [-0.3, -0.25) is 4.79 Å². The van der Waals surface area contributed by atoms with Gasteiger partial charge in [-0.1, -0.05) is 0 Å². The summed E-state index contributed by atoms with van der Waals surface area (Å²) in [7, 11) is 0. The van der Waals surface area contributed by atoms with E-state index in [-0.39, 0.29) is 5.91 Å². The molecule has 1 spiro atoms. The summed E-state index contributed by atoms with van der Waals surface area (Å²) in [6, 6.07) is 0. The molecule has 0 aromatic carbocycles. The lowest BCUT2D eigenvalue weighted by atomic mass is 9.71. The summed E-state index contributed by atoms with van der Waals surface area (Å²) in [5, 5.41) is 17.0. The van der Waals surface area contributed by atoms with E-state index in [1.807, 2.05) is 4.90 Å². The standard InChI is InChI=1S/C12H18N4O3/c1-8-14-11(15-19-8)16-6-3-9(17)12(7-16)4-2-5-13-10(12)18/h9,17H,2-7H2,1H3,(H,13,18)/t9-,12+/m0/s1. The quantitative estimate of drug-likeness (QED) is 0.734. The van der Waals surface area contributed by atoms with Gasteiger partial charge in [-0.2, -0.15) is 4.98 Å². The summed E-state index contributed by atoms with van der Waals surface area (Å²) >= 11 is 0. The van der Waals surface area contributed by atoms with Gasteiger partial charge in [0, 0.05) is 26.6 Å². The Hall–Kier alpha value is -1.63. The van der Waals surface area contributed by atoms with Gasteiger partial charge in [0.15, 0.2) is 0 Å². The Morgan fingerprint density at radius 2 is 2.42 bits per heavy atom. The van der Waals surface area contributed by atoms with Gasteiger partial charge in [0.05, 0.1) is 11.5 Å². The fraction of sp³-hybridized carbons (Fsp3) is 0.750. The second-order valence-corrected chi connectivity index (χ2v) is 5.36. The molecule has 1 amide bonds. The van der Waals surface area contributed by atoms with Crippen molar-refractivity contribution in [1.82, 2.24) is 15.5 Å². The van der Waals surface area contributed by atoms with Crippen LogP contribution in [0.15, 0.2) is 4.52 Å². The van der Waals surface area contributed by atoms with E-state index >= 15 is 0 Å². The molecule has 1 aromatic rings. The predicted molar refractivity (Wildman–Crippen MR) is 66.5 cm³/mol. The third kappa shape index (κ3) is 1.98. The molecular weight excluding hydrogens is 248 g/mol. The molecule has 2 N–H and O–H groups in total. The molecule has 7 heteroatoms. The molecule has 0 saturated carbocycles. The lowest BCUT2D eigenvalue weighted by Crippen LogP contribution is -2.61. The van der Waals surface area contributed by atoms with Crippen LogP contribution in [-0.4, -0.2) is 46.9 Å². The number of carbonyl (C=O) groups excluding carboxylic acids is 1. The summed E-state index contributed by atoms with van der Waals surface area (Å²) in [5.74, 6) is 0.946. The first-order valence-electron chi connectivity index (χ1n) is 6.63. The molecule has 19 heavy (non-hydrogen) atoms. The highest BCUT2D eigenvalue weighted by Crippen LogP contribution is 2.38. The monoisotopic (exact) mass is 266 g/mol. The van der Waals surface area contributed by atoms with Crippen LogP contribution in [0.5, 0.6) is 0 Å². The minimum atomic E-state index is -0.731. The van der Waals surface area contributed by atoms with Gasteiger partial charge >= 0.3 is 0 Å². The van der Waals surface area contributed by atoms with E-state index in [2.05, 4.69) is 15.5 Å². The number of nitrogens with one attached hydrogen (secondary N) is 1. The summed E-state index contributed by atoms with van der Waals surface area (Å²) < 4.78 is 4.98. The zero-order valence-corrected chi connectivity index (χ0v) is 10.9. The number of aromatic nitrogens is 2. The molecule has 3 heterocycles. The van der Waals surface area contributed by atoms with Crippen LogP contribution < -0.4 is 10.2 Å². The molecule has 0 bridgehead atoms. The van der Waals surface area contributed by atoms with E-state index in [0.29, 0.717) is 44.3 Å². The second kappa shape index (κ2) is 4.48. The van der Waals surface area contributed by atoms with Crippen LogP contribution in [0.1, 0.15) is 25.2 Å². The smallest absolute Gasteiger partial charge is 0.266 e. The average molecular weight is 266 g/mol.